The molecule has 1 fully saturated rings. The number of thioether (sulfide) groups is 1. The highest BCUT2D eigenvalue weighted by molar-refractivity contribution is 8.15. The standard InChI is InChI=1S/C19H17FN4O3S/c1-2-17-18(25)23(12-13-6-8-15(20)9-7-13)19(28-17)22-21-11-14-4-3-5-16(10-14)24(26)27/h3-11,17H,2,12H2,1H3/b21-11-,22-19+/t17-/m1/s1. The van der Waals surface area contributed by atoms with Crippen LogP contribution >= 0.6 is 11.8 Å². The van der Waals surface area contributed by atoms with Crippen molar-refractivity contribution in [3.05, 3.63) is 75.6 Å². The average molecular weight is 400 g/mol. The first-order valence-electron chi connectivity index (χ1n) is 8.56. The number of amides is 1. The molecule has 0 radical (unpaired) electrons. The summed E-state index contributed by atoms with van der Waals surface area (Å²) in [6.07, 6.45) is 2.05. The number of halogens is 1. The Morgan fingerprint density at radius 3 is 2.71 bits per heavy atom. The van der Waals surface area contributed by atoms with Gasteiger partial charge < -0.3 is 0 Å². The van der Waals surface area contributed by atoms with Crippen LogP contribution in [0.3, 0.4) is 0 Å². The topological polar surface area (TPSA) is 88.2 Å². The molecule has 0 aliphatic carbocycles. The Bertz CT molecular complexity index is 946. The minimum absolute atomic E-state index is 0.0361. The first kappa shape index (κ1) is 19.7. The van der Waals surface area contributed by atoms with E-state index in [4.69, 9.17) is 0 Å². The van der Waals surface area contributed by atoms with E-state index in [9.17, 15) is 19.3 Å². The fraction of sp³-hybridized carbons (Fsp3) is 0.211. The predicted octanol–water partition coefficient (Wildman–Crippen LogP) is 3.98. The van der Waals surface area contributed by atoms with Gasteiger partial charge in [-0.15, -0.1) is 5.10 Å². The Labute approximate surface area is 165 Å². The van der Waals surface area contributed by atoms with Crippen LogP contribution in [0.4, 0.5) is 10.1 Å². The molecule has 1 aliphatic rings. The number of non-ortho nitro benzene ring substituents is 1. The molecule has 1 amide bonds. The van der Waals surface area contributed by atoms with Crippen molar-refractivity contribution in [1.82, 2.24) is 4.90 Å². The molecule has 0 aromatic heterocycles. The normalized spacial score (nSPS) is 18.4. The van der Waals surface area contributed by atoms with Gasteiger partial charge in [-0.3, -0.25) is 19.8 Å². The Morgan fingerprint density at radius 2 is 2.04 bits per heavy atom. The molecule has 0 spiro atoms. The van der Waals surface area contributed by atoms with E-state index < -0.39 is 4.92 Å². The summed E-state index contributed by atoms with van der Waals surface area (Å²) in [7, 11) is 0. The van der Waals surface area contributed by atoms with Gasteiger partial charge in [-0.2, -0.15) is 5.10 Å². The summed E-state index contributed by atoms with van der Waals surface area (Å²) >= 11 is 1.32. The molecule has 3 rings (SSSR count). The number of hydrogen-bond donors (Lipinski definition) is 0. The van der Waals surface area contributed by atoms with Gasteiger partial charge in [0.15, 0.2) is 5.17 Å². The zero-order valence-corrected chi connectivity index (χ0v) is 15.8. The van der Waals surface area contributed by atoms with Crippen molar-refractivity contribution >= 4 is 34.7 Å². The lowest BCUT2D eigenvalue weighted by Crippen LogP contribution is -2.31. The average Bonchev–Trinajstić information content (AvgIpc) is 2.99. The van der Waals surface area contributed by atoms with Crippen molar-refractivity contribution < 1.29 is 14.1 Å². The van der Waals surface area contributed by atoms with Gasteiger partial charge >= 0.3 is 0 Å². The number of hydrogen-bond acceptors (Lipinski definition) is 6. The van der Waals surface area contributed by atoms with Crippen molar-refractivity contribution in [2.24, 2.45) is 10.2 Å². The summed E-state index contributed by atoms with van der Waals surface area (Å²) in [6.45, 7) is 2.19. The van der Waals surface area contributed by atoms with Gasteiger partial charge in [0.25, 0.3) is 5.69 Å². The molecule has 144 valence electrons. The van der Waals surface area contributed by atoms with Crippen LogP contribution in [-0.2, 0) is 11.3 Å². The number of nitro groups is 1. The van der Waals surface area contributed by atoms with Crippen LogP contribution in [-0.4, -0.2) is 32.4 Å². The second-order valence-corrected chi connectivity index (χ2v) is 7.21. The smallest absolute Gasteiger partial charge is 0.270 e. The van der Waals surface area contributed by atoms with Gasteiger partial charge in [-0.1, -0.05) is 43.0 Å². The fourth-order valence-electron chi connectivity index (χ4n) is 2.63. The Balaban J connectivity index is 1.80. The molecule has 1 saturated heterocycles. The van der Waals surface area contributed by atoms with Crippen LogP contribution in [0.2, 0.25) is 0 Å². The third-order valence-electron chi connectivity index (χ3n) is 4.08. The van der Waals surface area contributed by atoms with E-state index in [1.165, 1.54) is 47.1 Å². The van der Waals surface area contributed by atoms with E-state index in [2.05, 4.69) is 10.2 Å². The number of carbonyl (C=O) groups excluding carboxylic acids is 1. The maximum Gasteiger partial charge on any atom is 0.270 e. The van der Waals surface area contributed by atoms with E-state index in [1.54, 1.807) is 24.3 Å². The van der Waals surface area contributed by atoms with Gasteiger partial charge in [0.1, 0.15) is 5.82 Å². The molecule has 0 bridgehead atoms. The maximum atomic E-state index is 13.1. The first-order chi connectivity index (χ1) is 13.5. The summed E-state index contributed by atoms with van der Waals surface area (Å²) in [6, 6.07) is 12.0. The zero-order valence-electron chi connectivity index (χ0n) is 15.0. The molecular weight excluding hydrogens is 383 g/mol. The van der Waals surface area contributed by atoms with Gasteiger partial charge in [0.2, 0.25) is 5.91 Å². The van der Waals surface area contributed by atoms with Gasteiger partial charge in [0.05, 0.1) is 22.9 Å². The second kappa shape index (κ2) is 8.75. The van der Waals surface area contributed by atoms with Gasteiger partial charge in [-0.25, -0.2) is 4.39 Å². The number of benzene rings is 2. The molecule has 1 heterocycles. The maximum absolute atomic E-state index is 13.1. The highest BCUT2D eigenvalue weighted by atomic mass is 32.2. The van der Waals surface area contributed by atoms with Crippen LogP contribution in [0.1, 0.15) is 24.5 Å². The number of nitrogens with zero attached hydrogens (tertiary/aromatic N) is 4. The molecule has 1 atom stereocenters. The molecule has 28 heavy (non-hydrogen) atoms. The summed E-state index contributed by atoms with van der Waals surface area (Å²) in [5, 5.41) is 19.2. The van der Waals surface area contributed by atoms with Crippen LogP contribution in [0.5, 0.6) is 0 Å². The highest BCUT2D eigenvalue weighted by Gasteiger charge is 2.36. The third kappa shape index (κ3) is 4.61. The Kier molecular flexibility index (Phi) is 6.15. The molecule has 2 aromatic carbocycles. The summed E-state index contributed by atoms with van der Waals surface area (Å²) in [5.41, 5.74) is 1.28. The lowest BCUT2D eigenvalue weighted by molar-refractivity contribution is -0.384. The number of carbonyl (C=O) groups is 1. The minimum Gasteiger partial charge on any atom is -0.284 e. The highest BCUT2D eigenvalue weighted by Crippen LogP contribution is 2.30. The van der Waals surface area contributed by atoms with E-state index in [-0.39, 0.29) is 29.2 Å². The molecule has 0 unspecified atom stereocenters. The van der Waals surface area contributed by atoms with Crippen LogP contribution in [0.15, 0.2) is 58.7 Å². The van der Waals surface area contributed by atoms with E-state index in [1.807, 2.05) is 6.92 Å². The van der Waals surface area contributed by atoms with E-state index in [0.717, 1.165) is 5.56 Å². The van der Waals surface area contributed by atoms with Crippen molar-refractivity contribution in [2.75, 3.05) is 0 Å². The largest absolute Gasteiger partial charge is 0.284 e. The fourth-order valence-corrected chi connectivity index (χ4v) is 3.65. The molecule has 0 saturated carbocycles. The van der Waals surface area contributed by atoms with Crippen molar-refractivity contribution in [3.63, 3.8) is 0 Å². The van der Waals surface area contributed by atoms with E-state index >= 15 is 0 Å². The van der Waals surface area contributed by atoms with Crippen LogP contribution in [0, 0.1) is 15.9 Å². The van der Waals surface area contributed by atoms with E-state index in [0.29, 0.717) is 17.2 Å². The van der Waals surface area contributed by atoms with Crippen molar-refractivity contribution in [3.8, 4) is 0 Å². The predicted molar refractivity (Wildman–Crippen MR) is 107 cm³/mol. The quantitative estimate of drug-likeness (QED) is 0.417. The third-order valence-corrected chi connectivity index (χ3v) is 5.41. The Morgan fingerprint density at radius 1 is 1.29 bits per heavy atom. The second-order valence-electron chi connectivity index (χ2n) is 6.04. The summed E-state index contributed by atoms with van der Waals surface area (Å²) in [4.78, 5) is 24.5. The lowest BCUT2D eigenvalue weighted by atomic mass is 10.2. The molecule has 0 N–H and O–H groups in total. The van der Waals surface area contributed by atoms with Gasteiger partial charge in [-0.05, 0) is 24.1 Å². The first-order valence-corrected chi connectivity index (χ1v) is 9.44. The molecule has 9 heteroatoms. The monoisotopic (exact) mass is 400 g/mol. The summed E-state index contributed by atoms with van der Waals surface area (Å²) < 4.78 is 13.1. The van der Waals surface area contributed by atoms with Gasteiger partial charge in [0, 0.05) is 17.7 Å². The minimum atomic E-state index is -0.481. The SMILES string of the molecule is CC[C@H]1S/C(=N/N=C\c2cccc([N+](=O)[O-])c2)N(Cc2ccc(F)cc2)C1=O. The summed E-state index contributed by atoms with van der Waals surface area (Å²) in [5.74, 6) is -0.408. The Hall–Kier alpha value is -3.07. The van der Waals surface area contributed by atoms with Crippen molar-refractivity contribution in [1.29, 1.82) is 0 Å². The molecular formula is C19H17FN4O3S. The van der Waals surface area contributed by atoms with Crippen LogP contribution < -0.4 is 0 Å². The molecule has 2 aromatic rings. The van der Waals surface area contributed by atoms with Crippen LogP contribution in [0.25, 0.3) is 0 Å². The number of rotatable bonds is 6. The number of nitro benzene ring substituents is 1. The lowest BCUT2D eigenvalue weighted by Gasteiger charge is -2.15. The zero-order chi connectivity index (χ0) is 20.1. The molecule has 7 nitrogen and oxygen atoms in total. The van der Waals surface area contributed by atoms with Crippen molar-refractivity contribution in [2.45, 2.75) is 25.1 Å². The number of amidine groups is 1. The molecule has 1 aliphatic heterocycles.